The van der Waals surface area contributed by atoms with Gasteiger partial charge in [0, 0.05) is 5.56 Å². The van der Waals surface area contributed by atoms with Gasteiger partial charge >= 0.3 is 0 Å². The third-order valence-electron chi connectivity index (χ3n) is 2.68. The van der Waals surface area contributed by atoms with Gasteiger partial charge in [0.2, 0.25) is 5.78 Å². The predicted molar refractivity (Wildman–Crippen MR) is 79.0 cm³/mol. The van der Waals surface area contributed by atoms with E-state index in [0.717, 1.165) is 17.1 Å². The summed E-state index contributed by atoms with van der Waals surface area (Å²) in [6, 6.07) is 11.1. The normalized spacial score (nSPS) is 11.2. The van der Waals surface area contributed by atoms with Gasteiger partial charge in [0.1, 0.15) is 11.5 Å². The van der Waals surface area contributed by atoms with Gasteiger partial charge in [-0.15, -0.1) is 0 Å². The van der Waals surface area contributed by atoms with Crippen LogP contribution in [0, 0.1) is 6.92 Å². The van der Waals surface area contributed by atoms with Crippen molar-refractivity contribution in [2.45, 2.75) is 26.9 Å². The minimum absolute atomic E-state index is 0.0907. The molecule has 0 N–H and O–H groups in total. The fourth-order valence-corrected chi connectivity index (χ4v) is 1.79. The smallest absolute Gasteiger partial charge is 0.221 e. The Hall–Kier alpha value is -2.29. The summed E-state index contributed by atoms with van der Waals surface area (Å²) in [5.74, 6) is 1.69. The number of rotatable bonds is 5. The molecule has 1 aromatic heterocycles. The Bertz CT molecular complexity index is 621. The number of benzene rings is 1. The molecule has 3 nitrogen and oxygen atoms in total. The monoisotopic (exact) mass is 270 g/mol. The van der Waals surface area contributed by atoms with E-state index in [1.165, 1.54) is 6.08 Å². The molecule has 3 heteroatoms. The van der Waals surface area contributed by atoms with E-state index in [2.05, 4.69) is 0 Å². The second kappa shape index (κ2) is 6.24. The van der Waals surface area contributed by atoms with Crippen LogP contribution in [-0.2, 0) is 0 Å². The number of ether oxygens (including phenoxy) is 1. The molecule has 0 spiro atoms. The highest BCUT2D eigenvalue weighted by Gasteiger charge is 2.07. The SMILES string of the molecule is Cc1ccc(C(=O)/C=C\c2ccccc2OC(C)C)o1. The van der Waals surface area contributed by atoms with E-state index in [1.54, 1.807) is 18.2 Å². The van der Waals surface area contributed by atoms with Gasteiger partial charge in [-0.1, -0.05) is 18.2 Å². The molecular weight excluding hydrogens is 252 g/mol. The maximum Gasteiger partial charge on any atom is 0.221 e. The molecule has 104 valence electrons. The average Bonchev–Trinajstić information content (AvgIpc) is 2.83. The second-order valence-electron chi connectivity index (χ2n) is 4.81. The van der Waals surface area contributed by atoms with E-state index in [9.17, 15) is 4.79 Å². The van der Waals surface area contributed by atoms with E-state index >= 15 is 0 Å². The van der Waals surface area contributed by atoms with Crippen molar-refractivity contribution in [1.29, 1.82) is 0 Å². The topological polar surface area (TPSA) is 39.4 Å². The molecule has 2 rings (SSSR count). The lowest BCUT2D eigenvalue weighted by Gasteiger charge is -2.11. The summed E-state index contributed by atoms with van der Waals surface area (Å²) >= 11 is 0. The molecule has 0 radical (unpaired) electrons. The molecule has 2 aromatic rings. The first-order chi connectivity index (χ1) is 9.56. The van der Waals surface area contributed by atoms with Crippen LogP contribution in [0.15, 0.2) is 46.9 Å². The van der Waals surface area contributed by atoms with Crippen LogP contribution in [0.25, 0.3) is 6.08 Å². The van der Waals surface area contributed by atoms with Crippen LogP contribution in [0.3, 0.4) is 0 Å². The third-order valence-corrected chi connectivity index (χ3v) is 2.68. The van der Waals surface area contributed by atoms with E-state index < -0.39 is 0 Å². The fourth-order valence-electron chi connectivity index (χ4n) is 1.79. The molecule has 0 aliphatic carbocycles. The number of carbonyl (C=O) groups excluding carboxylic acids is 1. The number of allylic oxidation sites excluding steroid dienone is 1. The maximum absolute atomic E-state index is 11.9. The first kappa shape index (κ1) is 14.1. The zero-order valence-corrected chi connectivity index (χ0v) is 11.9. The average molecular weight is 270 g/mol. The van der Waals surface area contributed by atoms with E-state index in [4.69, 9.17) is 9.15 Å². The Kier molecular flexibility index (Phi) is 4.41. The molecule has 20 heavy (non-hydrogen) atoms. The van der Waals surface area contributed by atoms with Crippen LogP contribution < -0.4 is 4.74 Å². The van der Waals surface area contributed by atoms with E-state index in [0.29, 0.717) is 5.76 Å². The summed E-state index contributed by atoms with van der Waals surface area (Å²) in [6.07, 6.45) is 3.34. The highest BCUT2D eigenvalue weighted by Crippen LogP contribution is 2.21. The number of carbonyl (C=O) groups is 1. The summed E-state index contributed by atoms with van der Waals surface area (Å²) in [6.45, 7) is 5.75. The Labute approximate surface area is 118 Å². The minimum Gasteiger partial charge on any atom is -0.490 e. The molecule has 1 heterocycles. The highest BCUT2D eigenvalue weighted by molar-refractivity contribution is 6.05. The Morgan fingerprint density at radius 2 is 1.95 bits per heavy atom. The standard InChI is InChI=1S/C17H18O3/c1-12(2)19-16-7-5-4-6-14(16)9-10-15(18)17-11-8-13(3)20-17/h4-12H,1-3H3/b10-9-. The van der Waals surface area contributed by atoms with E-state index in [1.807, 2.05) is 45.0 Å². The van der Waals surface area contributed by atoms with Crippen molar-refractivity contribution in [2.75, 3.05) is 0 Å². The number of aryl methyl sites for hydroxylation is 1. The van der Waals surface area contributed by atoms with Crippen LogP contribution in [-0.4, -0.2) is 11.9 Å². The lowest BCUT2D eigenvalue weighted by atomic mass is 10.1. The van der Waals surface area contributed by atoms with Gasteiger partial charge < -0.3 is 9.15 Å². The Morgan fingerprint density at radius 3 is 2.60 bits per heavy atom. The van der Waals surface area contributed by atoms with Gasteiger partial charge in [-0.3, -0.25) is 4.79 Å². The molecule has 0 atom stereocenters. The van der Waals surface area contributed by atoms with Crippen molar-refractivity contribution >= 4 is 11.9 Å². The number of para-hydroxylation sites is 1. The summed E-state index contributed by atoms with van der Waals surface area (Å²) in [5.41, 5.74) is 0.873. The van der Waals surface area contributed by atoms with Crippen molar-refractivity contribution in [1.82, 2.24) is 0 Å². The van der Waals surface area contributed by atoms with Crippen molar-refractivity contribution in [2.24, 2.45) is 0 Å². The molecule has 0 amide bonds. The van der Waals surface area contributed by atoms with Crippen LogP contribution in [0.4, 0.5) is 0 Å². The number of hydrogen-bond donors (Lipinski definition) is 0. The number of hydrogen-bond acceptors (Lipinski definition) is 3. The summed E-state index contributed by atoms with van der Waals surface area (Å²) in [5, 5.41) is 0. The molecule has 0 saturated heterocycles. The number of furan rings is 1. The van der Waals surface area contributed by atoms with Gasteiger partial charge in [0.25, 0.3) is 0 Å². The van der Waals surface area contributed by atoms with Crippen molar-refractivity contribution in [3.05, 3.63) is 59.6 Å². The van der Waals surface area contributed by atoms with E-state index in [-0.39, 0.29) is 11.9 Å². The lowest BCUT2D eigenvalue weighted by Crippen LogP contribution is -2.06. The van der Waals surface area contributed by atoms with Crippen LogP contribution in [0.5, 0.6) is 5.75 Å². The molecule has 0 bridgehead atoms. The number of ketones is 1. The quantitative estimate of drug-likeness (QED) is 0.601. The van der Waals surface area contributed by atoms with Crippen LogP contribution in [0.1, 0.15) is 35.7 Å². The first-order valence-corrected chi connectivity index (χ1v) is 6.61. The molecule has 0 aliphatic rings. The van der Waals surface area contributed by atoms with Crippen LogP contribution in [0.2, 0.25) is 0 Å². The zero-order valence-electron chi connectivity index (χ0n) is 11.9. The van der Waals surface area contributed by atoms with Gasteiger partial charge in [-0.25, -0.2) is 0 Å². The molecule has 0 unspecified atom stereocenters. The van der Waals surface area contributed by atoms with Gasteiger partial charge in [0.15, 0.2) is 5.76 Å². The molecule has 0 saturated carbocycles. The third kappa shape index (κ3) is 3.60. The summed E-state index contributed by atoms with van der Waals surface area (Å²) < 4.78 is 11.0. The van der Waals surface area contributed by atoms with Gasteiger partial charge in [0.05, 0.1) is 6.10 Å². The first-order valence-electron chi connectivity index (χ1n) is 6.61. The fraction of sp³-hybridized carbons (Fsp3) is 0.235. The zero-order chi connectivity index (χ0) is 14.5. The lowest BCUT2D eigenvalue weighted by molar-refractivity contribution is 0.102. The second-order valence-corrected chi connectivity index (χ2v) is 4.81. The summed E-state index contributed by atoms with van der Waals surface area (Å²) in [4.78, 5) is 11.9. The van der Waals surface area contributed by atoms with Crippen LogP contribution >= 0.6 is 0 Å². The molecule has 1 aromatic carbocycles. The summed E-state index contributed by atoms with van der Waals surface area (Å²) in [7, 11) is 0. The molecular formula is C17H18O3. The van der Waals surface area contributed by atoms with Gasteiger partial charge in [-0.05, 0) is 51.1 Å². The predicted octanol–water partition coefficient (Wildman–Crippen LogP) is 4.27. The molecule has 0 fully saturated rings. The van der Waals surface area contributed by atoms with Crippen molar-refractivity contribution in [3.63, 3.8) is 0 Å². The highest BCUT2D eigenvalue weighted by atomic mass is 16.5. The molecule has 0 aliphatic heterocycles. The van der Waals surface area contributed by atoms with Gasteiger partial charge in [-0.2, -0.15) is 0 Å². The minimum atomic E-state index is -0.155. The largest absolute Gasteiger partial charge is 0.490 e. The van der Waals surface area contributed by atoms with Crippen molar-refractivity contribution < 1.29 is 13.9 Å². The maximum atomic E-state index is 11.9. The Balaban J connectivity index is 2.17. The van der Waals surface area contributed by atoms with Crippen molar-refractivity contribution in [3.8, 4) is 5.75 Å². The Morgan fingerprint density at radius 1 is 1.20 bits per heavy atom.